The van der Waals surface area contributed by atoms with Gasteiger partial charge in [0, 0.05) is 22.9 Å². The molecule has 156 valence electrons. The first kappa shape index (κ1) is 22.2. The van der Waals surface area contributed by atoms with E-state index in [-0.39, 0.29) is 24.3 Å². The van der Waals surface area contributed by atoms with Crippen molar-refractivity contribution >= 4 is 11.8 Å². The van der Waals surface area contributed by atoms with E-state index in [1.54, 1.807) is 44.7 Å². The number of amides is 2. The molecule has 0 spiro atoms. The van der Waals surface area contributed by atoms with Crippen molar-refractivity contribution < 1.29 is 19.1 Å². The molecule has 2 aromatic rings. The van der Waals surface area contributed by atoms with Crippen LogP contribution in [0.15, 0.2) is 30.5 Å². The summed E-state index contributed by atoms with van der Waals surface area (Å²) in [4.78, 5) is 29.7. The SMILES string of the molecule is COc1ccc(C(=O)NC(C(=O)NCc2ncc(C)c(OC)c2C)C(C)C)cc1. The molecule has 2 rings (SSSR count). The molecule has 1 heterocycles. The summed E-state index contributed by atoms with van der Waals surface area (Å²) in [6.45, 7) is 7.85. The van der Waals surface area contributed by atoms with Crippen molar-refractivity contribution in [2.45, 2.75) is 40.3 Å². The second-order valence-electron chi connectivity index (χ2n) is 7.19. The van der Waals surface area contributed by atoms with E-state index in [0.717, 1.165) is 22.6 Å². The lowest BCUT2D eigenvalue weighted by Gasteiger charge is -2.22. The van der Waals surface area contributed by atoms with E-state index >= 15 is 0 Å². The Bertz CT molecular complexity index is 863. The van der Waals surface area contributed by atoms with Crippen molar-refractivity contribution in [3.63, 3.8) is 0 Å². The van der Waals surface area contributed by atoms with Crippen LogP contribution >= 0.6 is 0 Å². The van der Waals surface area contributed by atoms with E-state index in [1.165, 1.54) is 0 Å². The maximum Gasteiger partial charge on any atom is 0.251 e. The average Bonchev–Trinajstić information content (AvgIpc) is 2.71. The fraction of sp³-hybridized carbons (Fsp3) is 0.409. The summed E-state index contributed by atoms with van der Waals surface area (Å²) in [6, 6.07) is 6.07. The molecule has 7 heteroatoms. The van der Waals surface area contributed by atoms with Gasteiger partial charge >= 0.3 is 0 Å². The highest BCUT2D eigenvalue weighted by Gasteiger charge is 2.25. The van der Waals surface area contributed by atoms with Gasteiger partial charge in [-0.1, -0.05) is 13.8 Å². The molecule has 1 unspecified atom stereocenters. The van der Waals surface area contributed by atoms with Gasteiger partial charge in [-0.25, -0.2) is 0 Å². The van der Waals surface area contributed by atoms with Crippen molar-refractivity contribution in [2.24, 2.45) is 5.92 Å². The minimum absolute atomic E-state index is 0.0844. The minimum Gasteiger partial charge on any atom is -0.497 e. The number of aromatic nitrogens is 1. The van der Waals surface area contributed by atoms with E-state index in [1.807, 2.05) is 27.7 Å². The van der Waals surface area contributed by atoms with E-state index in [0.29, 0.717) is 11.3 Å². The predicted molar refractivity (Wildman–Crippen MR) is 111 cm³/mol. The third-order valence-electron chi connectivity index (χ3n) is 4.77. The van der Waals surface area contributed by atoms with E-state index < -0.39 is 6.04 Å². The van der Waals surface area contributed by atoms with E-state index in [9.17, 15) is 9.59 Å². The molecule has 29 heavy (non-hydrogen) atoms. The predicted octanol–water partition coefficient (Wildman–Crippen LogP) is 2.79. The van der Waals surface area contributed by atoms with Crippen LogP contribution in [0.4, 0.5) is 0 Å². The van der Waals surface area contributed by atoms with Gasteiger partial charge in [0.1, 0.15) is 17.5 Å². The Morgan fingerprint density at radius 2 is 1.72 bits per heavy atom. The molecular weight excluding hydrogens is 370 g/mol. The van der Waals surface area contributed by atoms with E-state index in [4.69, 9.17) is 9.47 Å². The summed E-state index contributed by atoms with van der Waals surface area (Å²) in [5, 5.41) is 5.69. The van der Waals surface area contributed by atoms with Crippen LogP contribution in [-0.2, 0) is 11.3 Å². The van der Waals surface area contributed by atoms with Crippen LogP contribution in [0.3, 0.4) is 0 Å². The molecule has 2 amide bonds. The molecule has 0 saturated heterocycles. The topological polar surface area (TPSA) is 89.5 Å². The average molecular weight is 399 g/mol. The Labute approximate surface area is 171 Å². The molecule has 0 saturated carbocycles. The number of methoxy groups -OCH3 is 2. The molecule has 0 bridgehead atoms. The maximum absolute atomic E-state index is 12.8. The molecule has 1 atom stereocenters. The van der Waals surface area contributed by atoms with Gasteiger partial charge < -0.3 is 20.1 Å². The van der Waals surface area contributed by atoms with Crippen LogP contribution in [0.5, 0.6) is 11.5 Å². The molecule has 0 fully saturated rings. The molecule has 0 aliphatic rings. The van der Waals surface area contributed by atoms with E-state index in [2.05, 4.69) is 15.6 Å². The zero-order valence-corrected chi connectivity index (χ0v) is 17.8. The lowest BCUT2D eigenvalue weighted by atomic mass is 10.0. The standard InChI is InChI=1S/C22H29N3O4/c1-13(2)19(25-21(26)16-7-9-17(28-5)10-8-16)22(27)24-12-18-15(4)20(29-6)14(3)11-23-18/h7-11,13,19H,12H2,1-6H3,(H,24,27)(H,25,26). The Kier molecular flexibility index (Phi) is 7.59. The number of ether oxygens (including phenoxy) is 2. The lowest BCUT2D eigenvalue weighted by molar-refractivity contribution is -0.124. The number of nitrogens with zero attached hydrogens (tertiary/aromatic N) is 1. The molecule has 7 nitrogen and oxygen atoms in total. The number of carbonyl (C=O) groups is 2. The largest absolute Gasteiger partial charge is 0.497 e. The summed E-state index contributed by atoms with van der Waals surface area (Å²) in [6.07, 6.45) is 1.72. The number of aryl methyl sites for hydroxylation is 1. The van der Waals surface area contributed by atoms with Gasteiger partial charge in [0.25, 0.3) is 5.91 Å². The highest BCUT2D eigenvalue weighted by Crippen LogP contribution is 2.23. The summed E-state index contributed by atoms with van der Waals surface area (Å²) >= 11 is 0. The third kappa shape index (κ3) is 5.47. The molecule has 2 N–H and O–H groups in total. The van der Waals surface area contributed by atoms with Crippen LogP contribution in [-0.4, -0.2) is 37.1 Å². The maximum atomic E-state index is 12.8. The van der Waals surface area contributed by atoms with Crippen LogP contribution in [0.1, 0.15) is 41.0 Å². The number of benzene rings is 1. The van der Waals surface area contributed by atoms with Gasteiger partial charge in [-0.05, 0) is 44.0 Å². The normalized spacial score (nSPS) is 11.7. The number of nitrogens with one attached hydrogen (secondary N) is 2. The number of rotatable bonds is 8. The summed E-state index contributed by atoms with van der Waals surface area (Å²) in [5.74, 6) is 0.766. The first-order valence-electron chi connectivity index (χ1n) is 9.50. The van der Waals surface area contributed by atoms with Crippen molar-refractivity contribution in [3.8, 4) is 11.5 Å². The molecule has 1 aromatic carbocycles. The zero-order valence-electron chi connectivity index (χ0n) is 17.8. The summed E-state index contributed by atoms with van der Waals surface area (Å²) in [7, 11) is 3.18. The fourth-order valence-corrected chi connectivity index (χ4v) is 3.03. The lowest BCUT2D eigenvalue weighted by Crippen LogP contribution is -2.49. The Hall–Kier alpha value is -3.09. The summed E-state index contributed by atoms with van der Waals surface area (Å²) < 4.78 is 10.5. The quantitative estimate of drug-likeness (QED) is 0.712. The van der Waals surface area contributed by atoms with Crippen molar-refractivity contribution in [2.75, 3.05) is 14.2 Å². The highest BCUT2D eigenvalue weighted by molar-refractivity contribution is 5.97. The molecule has 0 aliphatic carbocycles. The molecule has 0 radical (unpaired) electrons. The number of hydrogen-bond donors (Lipinski definition) is 2. The van der Waals surface area contributed by atoms with Crippen molar-refractivity contribution in [1.29, 1.82) is 0 Å². The van der Waals surface area contributed by atoms with Crippen LogP contribution in [0, 0.1) is 19.8 Å². The second kappa shape index (κ2) is 9.91. The van der Waals surface area contributed by atoms with Crippen LogP contribution < -0.4 is 20.1 Å². The van der Waals surface area contributed by atoms with Gasteiger partial charge in [-0.2, -0.15) is 0 Å². The zero-order chi connectivity index (χ0) is 21.6. The summed E-state index contributed by atoms with van der Waals surface area (Å²) in [5.41, 5.74) is 3.01. The first-order valence-corrected chi connectivity index (χ1v) is 9.50. The molecule has 1 aromatic heterocycles. The van der Waals surface area contributed by atoms with Crippen LogP contribution in [0.25, 0.3) is 0 Å². The second-order valence-corrected chi connectivity index (χ2v) is 7.19. The van der Waals surface area contributed by atoms with Gasteiger partial charge in [0.2, 0.25) is 5.91 Å². The molecular formula is C22H29N3O4. The van der Waals surface area contributed by atoms with Gasteiger partial charge in [-0.3, -0.25) is 14.6 Å². The van der Waals surface area contributed by atoms with Gasteiger partial charge in [-0.15, -0.1) is 0 Å². The van der Waals surface area contributed by atoms with Crippen LogP contribution in [0.2, 0.25) is 0 Å². The van der Waals surface area contributed by atoms with Crippen molar-refractivity contribution in [3.05, 3.63) is 52.8 Å². The third-order valence-corrected chi connectivity index (χ3v) is 4.77. The number of carbonyl (C=O) groups excluding carboxylic acids is 2. The van der Waals surface area contributed by atoms with Crippen molar-refractivity contribution in [1.82, 2.24) is 15.6 Å². The Balaban J connectivity index is 2.06. The smallest absolute Gasteiger partial charge is 0.251 e. The molecule has 0 aliphatic heterocycles. The number of hydrogen-bond acceptors (Lipinski definition) is 5. The monoisotopic (exact) mass is 399 g/mol. The fourth-order valence-electron chi connectivity index (χ4n) is 3.03. The van der Waals surface area contributed by atoms with Gasteiger partial charge in [0.15, 0.2) is 0 Å². The Morgan fingerprint density at radius 3 is 2.28 bits per heavy atom. The minimum atomic E-state index is -0.669. The first-order chi connectivity index (χ1) is 13.8. The highest BCUT2D eigenvalue weighted by atomic mass is 16.5. The van der Waals surface area contributed by atoms with Gasteiger partial charge in [0.05, 0.1) is 26.5 Å². The number of pyridine rings is 1. The Morgan fingerprint density at radius 1 is 1.07 bits per heavy atom.